The maximum Gasteiger partial charge on any atom is 0.357 e. The molecule has 1 aromatic heterocycles. The van der Waals surface area contributed by atoms with E-state index in [4.69, 9.17) is 9.47 Å². The van der Waals surface area contributed by atoms with Crippen molar-refractivity contribution < 1.29 is 19.1 Å². The zero-order valence-corrected chi connectivity index (χ0v) is 17.9. The standard InChI is InChI=1S/C24H25N3O4/c1-4-26-14-8-9-16-15-17(12-13-19(16)26)21-20(23(28)30-2)22(24(29)31-3)27(25-21)18-10-6-5-7-11-18/h5-7,10-13,15H,4,8-9,14H2,1-3H3. The van der Waals surface area contributed by atoms with Gasteiger partial charge in [-0.25, -0.2) is 14.3 Å². The van der Waals surface area contributed by atoms with Crippen molar-refractivity contribution in [3.8, 4) is 16.9 Å². The monoisotopic (exact) mass is 419 g/mol. The van der Waals surface area contributed by atoms with Crippen LogP contribution in [0.1, 0.15) is 39.8 Å². The lowest BCUT2D eigenvalue weighted by Gasteiger charge is -2.30. The highest BCUT2D eigenvalue weighted by Crippen LogP contribution is 2.34. The van der Waals surface area contributed by atoms with Crippen molar-refractivity contribution in [2.75, 3.05) is 32.2 Å². The van der Waals surface area contributed by atoms with E-state index >= 15 is 0 Å². The third kappa shape index (κ3) is 3.67. The quantitative estimate of drug-likeness (QED) is 0.584. The number of esters is 2. The number of benzene rings is 2. The van der Waals surface area contributed by atoms with Gasteiger partial charge in [-0.1, -0.05) is 24.3 Å². The van der Waals surface area contributed by atoms with Crippen LogP contribution < -0.4 is 4.90 Å². The van der Waals surface area contributed by atoms with Gasteiger partial charge < -0.3 is 14.4 Å². The molecule has 0 aliphatic carbocycles. The van der Waals surface area contributed by atoms with E-state index < -0.39 is 11.9 Å². The highest BCUT2D eigenvalue weighted by atomic mass is 16.5. The van der Waals surface area contributed by atoms with Gasteiger partial charge in [-0.3, -0.25) is 0 Å². The molecule has 0 saturated carbocycles. The van der Waals surface area contributed by atoms with Crippen LogP contribution in [0.5, 0.6) is 0 Å². The molecule has 1 aliphatic heterocycles. The van der Waals surface area contributed by atoms with E-state index in [2.05, 4.69) is 29.1 Å². The number of rotatable bonds is 5. The van der Waals surface area contributed by atoms with Gasteiger partial charge in [-0.15, -0.1) is 0 Å². The van der Waals surface area contributed by atoms with Crippen molar-refractivity contribution in [2.45, 2.75) is 19.8 Å². The second-order valence-electron chi connectivity index (χ2n) is 7.33. The van der Waals surface area contributed by atoms with Crippen molar-refractivity contribution in [3.05, 3.63) is 65.4 Å². The van der Waals surface area contributed by atoms with Gasteiger partial charge >= 0.3 is 11.9 Å². The van der Waals surface area contributed by atoms with Crippen molar-refractivity contribution in [1.29, 1.82) is 0 Å². The maximum atomic E-state index is 12.8. The number of methoxy groups -OCH3 is 2. The lowest BCUT2D eigenvalue weighted by molar-refractivity contribution is 0.0549. The summed E-state index contributed by atoms with van der Waals surface area (Å²) in [7, 11) is 2.57. The number of nitrogens with zero attached hydrogens (tertiary/aromatic N) is 3. The minimum Gasteiger partial charge on any atom is -0.465 e. The molecule has 2 heterocycles. The number of hydrogen-bond acceptors (Lipinski definition) is 6. The Bertz CT molecular complexity index is 1120. The average molecular weight is 419 g/mol. The highest BCUT2D eigenvalue weighted by Gasteiger charge is 2.31. The first-order chi connectivity index (χ1) is 15.1. The average Bonchev–Trinajstić information content (AvgIpc) is 3.23. The lowest BCUT2D eigenvalue weighted by atomic mass is 9.96. The fourth-order valence-corrected chi connectivity index (χ4v) is 4.11. The Morgan fingerprint density at radius 1 is 1.03 bits per heavy atom. The SMILES string of the molecule is CCN1CCCc2cc(-c3nn(-c4ccccc4)c(C(=O)OC)c3C(=O)OC)ccc21. The summed E-state index contributed by atoms with van der Waals surface area (Å²) in [6.45, 7) is 4.11. The lowest BCUT2D eigenvalue weighted by Crippen LogP contribution is -2.28. The van der Waals surface area contributed by atoms with E-state index in [0.29, 0.717) is 11.4 Å². The van der Waals surface area contributed by atoms with Crippen LogP contribution in [-0.2, 0) is 15.9 Å². The second-order valence-corrected chi connectivity index (χ2v) is 7.33. The molecule has 0 atom stereocenters. The third-order valence-electron chi connectivity index (χ3n) is 5.60. The van der Waals surface area contributed by atoms with E-state index in [9.17, 15) is 9.59 Å². The van der Waals surface area contributed by atoms with Crippen LogP contribution in [0.25, 0.3) is 16.9 Å². The number of ether oxygens (including phenoxy) is 2. The molecule has 7 nitrogen and oxygen atoms in total. The van der Waals surface area contributed by atoms with Gasteiger partial charge in [-0.05, 0) is 49.6 Å². The number of carbonyl (C=O) groups excluding carboxylic acids is 2. The van der Waals surface area contributed by atoms with Crippen molar-refractivity contribution in [2.24, 2.45) is 0 Å². The Morgan fingerprint density at radius 2 is 1.77 bits per heavy atom. The van der Waals surface area contributed by atoms with Crippen molar-refractivity contribution >= 4 is 17.6 Å². The van der Waals surface area contributed by atoms with E-state index in [-0.39, 0.29) is 11.3 Å². The molecule has 1 aliphatic rings. The Kier molecular flexibility index (Phi) is 5.75. The predicted molar refractivity (Wildman–Crippen MR) is 118 cm³/mol. The minimum absolute atomic E-state index is 0.0449. The Labute approximate surface area is 181 Å². The summed E-state index contributed by atoms with van der Waals surface area (Å²) in [6, 6.07) is 15.2. The van der Waals surface area contributed by atoms with E-state index in [1.807, 2.05) is 36.4 Å². The van der Waals surface area contributed by atoms with Crippen LogP contribution in [0.4, 0.5) is 5.69 Å². The first-order valence-electron chi connectivity index (χ1n) is 10.3. The largest absolute Gasteiger partial charge is 0.465 e. The minimum atomic E-state index is -0.655. The molecule has 160 valence electrons. The molecule has 0 amide bonds. The summed E-state index contributed by atoms with van der Waals surface area (Å²) in [4.78, 5) is 27.8. The molecular weight excluding hydrogens is 394 g/mol. The zero-order chi connectivity index (χ0) is 22.0. The predicted octanol–water partition coefficient (Wildman–Crippen LogP) is 3.89. The van der Waals surface area contributed by atoms with Crippen LogP contribution in [0, 0.1) is 0 Å². The molecule has 0 spiro atoms. The molecule has 0 bridgehead atoms. The zero-order valence-electron chi connectivity index (χ0n) is 17.9. The first-order valence-corrected chi connectivity index (χ1v) is 10.3. The Balaban J connectivity index is 1.95. The molecule has 7 heteroatoms. The topological polar surface area (TPSA) is 73.7 Å². The van der Waals surface area contributed by atoms with Crippen molar-refractivity contribution in [1.82, 2.24) is 9.78 Å². The molecule has 31 heavy (non-hydrogen) atoms. The van der Waals surface area contributed by atoms with Gasteiger partial charge in [-0.2, -0.15) is 5.10 Å². The highest BCUT2D eigenvalue weighted by molar-refractivity contribution is 6.07. The number of aryl methyl sites for hydroxylation is 1. The van der Waals surface area contributed by atoms with Crippen LogP contribution in [0.2, 0.25) is 0 Å². The smallest absolute Gasteiger partial charge is 0.357 e. The van der Waals surface area contributed by atoms with Crippen LogP contribution in [0.15, 0.2) is 48.5 Å². The summed E-state index contributed by atoms with van der Waals surface area (Å²) in [5, 5.41) is 4.68. The molecule has 0 radical (unpaired) electrons. The van der Waals surface area contributed by atoms with Crippen LogP contribution in [0.3, 0.4) is 0 Å². The Morgan fingerprint density at radius 3 is 2.45 bits per heavy atom. The van der Waals surface area contributed by atoms with Gasteiger partial charge in [0.2, 0.25) is 0 Å². The number of fused-ring (bicyclic) bond motifs is 1. The van der Waals surface area contributed by atoms with Gasteiger partial charge in [0.15, 0.2) is 5.69 Å². The van der Waals surface area contributed by atoms with Crippen molar-refractivity contribution in [3.63, 3.8) is 0 Å². The van der Waals surface area contributed by atoms with E-state index in [1.54, 1.807) is 0 Å². The molecule has 3 aromatic rings. The molecule has 0 unspecified atom stereocenters. The van der Waals surface area contributed by atoms with E-state index in [1.165, 1.54) is 30.2 Å². The molecule has 0 saturated heterocycles. The Hall–Kier alpha value is -3.61. The summed E-state index contributed by atoms with van der Waals surface area (Å²) in [5.41, 5.74) is 4.35. The number of para-hydroxylation sites is 1. The molecule has 4 rings (SSSR count). The first kappa shape index (κ1) is 20.7. The number of carbonyl (C=O) groups is 2. The molecular formula is C24H25N3O4. The van der Waals surface area contributed by atoms with Crippen LogP contribution in [-0.4, -0.2) is 49.0 Å². The van der Waals surface area contributed by atoms with Gasteiger partial charge in [0, 0.05) is 24.3 Å². The number of aromatic nitrogens is 2. The normalized spacial score (nSPS) is 12.9. The molecule has 0 fully saturated rings. The molecule has 2 aromatic carbocycles. The third-order valence-corrected chi connectivity index (χ3v) is 5.60. The fourth-order valence-electron chi connectivity index (χ4n) is 4.11. The molecule has 0 N–H and O–H groups in total. The summed E-state index contributed by atoms with van der Waals surface area (Å²) in [5.74, 6) is -1.29. The summed E-state index contributed by atoms with van der Waals surface area (Å²) >= 11 is 0. The second kappa shape index (κ2) is 8.63. The van der Waals surface area contributed by atoms with Gasteiger partial charge in [0.05, 0.1) is 19.9 Å². The number of anilines is 1. The van der Waals surface area contributed by atoms with Gasteiger partial charge in [0.25, 0.3) is 0 Å². The van der Waals surface area contributed by atoms with Crippen LogP contribution >= 0.6 is 0 Å². The maximum absolute atomic E-state index is 12.8. The summed E-state index contributed by atoms with van der Waals surface area (Å²) < 4.78 is 11.5. The summed E-state index contributed by atoms with van der Waals surface area (Å²) in [6.07, 6.45) is 2.02. The fraction of sp³-hybridized carbons (Fsp3) is 0.292. The van der Waals surface area contributed by atoms with E-state index in [0.717, 1.165) is 31.5 Å². The van der Waals surface area contributed by atoms with Gasteiger partial charge in [0.1, 0.15) is 11.3 Å². The number of hydrogen-bond donors (Lipinski definition) is 0.